The summed E-state index contributed by atoms with van der Waals surface area (Å²) in [7, 11) is 0. The summed E-state index contributed by atoms with van der Waals surface area (Å²) in [6.07, 6.45) is 5.98. The number of hydrogen-bond acceptors (Lipinski definition) is 5. The fourth-order valence-corrected chi connectivity index (χ4v) is 10.5. The first-order valence-electron chi connectivity index (χ1n) is 14.2. The third-order valence-corrected chi connectivity index (χ3v) is 12.0. The minimum atomic E-state index is -0.824. The van der Waals surface area contributed by atoms with Gasteiger partial charge < -0.3 is 15.3 Å². The number of carboxylic acids is 1. The lowest BCUT2D eigenvalue weighted by Gasteiger charge is -2.71. The summed E-state index contributed by atoms with van der Waals surface area (Å²) in [6.45, 7) is 11.7. The smallest absolute Gasteiger partial charge is 0.303 e. The Hall–Kier alpha value is -0.980. The fraction of sp³-hybridized carbons (Fsp3) is 0.931. The lowest BCUT2D eigenvalue weighted by molar-refractivity contribution is -0.233. The average molecular weight is 490 g/mol. The maximum atomic E-state index is 14.0. The van der Waals surface area contributed by atoms with Crippen LogP contribution in [0.25, 0.3) is 0 Å². The maximum Gasteiger partial charge on any atom is 0.303 e. The second-order valence-corrected chi connectivity index (χ2v) is 14.3. The van der Waals surface area contributed by atoms with Gasteiger partial charge in [0.2, 0.25) is 0 Å². The second kappa shape index (κ2) is 8.52. The standard InChI is InChI=1S/C29H47NO5/c1-16-8-18-6-7-28(4)24(30(18)15-19(31)9-16)13-27(3)21-10-17(2)11-22(32)20(21)12-23(33)26(27)29(28,5)14-25(34)35/h16-22,24,26,31-32H,6-15H2,1-5H3,(H,34,35)/t16-,17?,18?,19-,20+,21-,22?,24?,26+,27+,28-,29+/m1/s1. The Labute approximate surface area is 210 Å². The van der Waals surface area contributed by atoms with Crippen molar-refractivity contribution in [2.45, 2.75) is 117 Å². The molecule has 0 amide bonds. The molecule has 5 rings (SSSR count). The number of aliphatic carboxylic acids is 1. The quantitative estimate of drug-likeness (QED) is 0.540. The zero-order valence-corrected chi connectivity index (χ0v) is 22.4. The highest BCUT2D eigenvalue weighted by Gasteiger charge is 2.71. The first kappa shape index (κ1) is 25.7. The van der Waals surface area contributed by atoms with E-state index in [-0.39, 0.29) is 52.9 Å². The van der Waals surface area contributed by atoms with E-state index in [9.17, 15) is 24.9 Å². The van der Waals surface area contributed by atoms with Crippen LogP contribution in [0, 0.1) is 45.8 Å². The molecule has 2 aliphatic heterocycles. The first-order chi connectivity index (χ1) is 16.3. The van der Waals surface area contributed by atoms with Crippen molar-refractivity contribution in [2.24, 2.45) is 45.8 Å². The highest BCUT2D eigenvalue weighted by atomic mass is 16.4. The third-order valence-electron chi connectivity index (χ3n) is 12.0. The van der Waals surface area contributed by atoms with Crippen molar-refractivity contribution < 1.29 is 24.9 Å². The van der Waals surface area contributed by atoms with Crippen molar-refractivity contribution in [1.82, 2.24) is 4.90 Å². The van der Waals surface area contributed by atoms with Crippen LogP contribution >= 0.6 is 0 Å². The van der Waals surface area contributed by atoms with Gasteiger partial charge in [0, 0.05) is 31.0 Å². The van der Waals surface area contributed by atoms with E-state index in [1.807, 2.05) is 0 Å². The van der Waals surface area contributed by atoms with Crippen molar-refractivity contribution in [1.29, 1.82) is 0 Å². The average Bonchev–Trinajstić information content (AvgIpc) is 2.87. The van der Waals surface area contributed by atoms with Gasteiger partial charge in [-0.1, -0.05) is 34.6 Å². The number of aliphatic hydroxyl groups excluding tert-OH is 2. The number of carbonyl (C=O) groups is 2. The molecule has 0 bridgehead atoms. The minimum absolute atomic E-state index is 0.00104. The Balaban J connectivity index is 1.64. The van der Waals surface area contributed by atoms with Gasteiger partial charge >= 0.3 is 5.97 Å². The summed E-state index contributed by atoms with van der Waals surface area (Å²) in [6, 6.07) is 0.535. The first-order valence-corrected chi connectivity index (χ1v) is 14.2. The molecule has 2 heterocycles. The van der Waals surface area contributed by atoms with E-state index in [2.05, 4.69) is 39.5 Å². The van der Waals surface area contributed by atoms with E-state index < -0.39 is 17.5 Å². The summed E-state index contributed by atoms with van der Waals surface area (Å²) < 4.78 is 0. The number of carbonyl (C=O) groups excluding carboxylic acids is 1. The van der Waals surface area contributed by atoms with Gasteiger partial charge in [-0.2, -0.15) is 0 Å². The summed E-state index contributed by atoms with van der Waals surface area (Å²) in [5, 5.41) is 32.1. The molecule has 0 aromatic heterocycles. The summed E-state index contributed by atoms with van der Waals surface area (Å²) >= 11 is 0. The van der Waals surface area contributed by atoms with Crippen LogP contribution < -0.4 is 0 Å². The van der Waals surface area contributed by atoms with Crippen molar-refractivity contribution in [3.63, 3.8) is 0 Å². The topological polar surface area (TPSA) is 98.1 Å². The summed E-state index contributed by atoms with van der Waals surface area (Å²) in [4.78, 5) is 28.9. The van der Waals surface area contributed by atoms with Gasteiger partial charge in [-0.25, -0.2) is 0 Å². The molecule has 6 nitrogen and oxygen atoms in total. The molecule has 3 N–H and O–H groups in total. The second-order valence-electron chi connectivity index (χ2n) is 14.3. The minimum Gasteiger partial charge on any atom is -0.481 e. The number of aliphatic hydroxyl groups is 2. The zero-order chi connectivity index (χ0) is 25.5. The number of nitrogens with zero attached hydrogens (tertiary/aromatic N) is 1. The van der Waals surface area contributed by atoms with E-state index in [0.717, 1.165) is 44.9 Å². The van der Waals surface area contributed by atoms with Gasteiger partial charge in [0.05, 0.1) is 18.6 Å². The maximum absolute atomic E-state index is 14.0. The Bertz CT molecular complexity index is 877. The van der Waals surface area contributed by atoms with Gasteiger partial charge in [-0.15, -0.1) is 0 Å². The molecule has 198 valence electrons. The van der Waals surface area contributed by atoms with Crippen LogP contribution in [0.15, 0.2) is 0 Å². The van der Waals surface area contributed by atoms with E-state index in [1.165, 1.54) is 0 Å². The zero-order valence-electron chi connectivity index (χ0n) is 22.4. The molecule has 0 spiro atoms. The van der Waals surface area contributed by atoms with Crippen molar-refractivity contribution >= 4 is 11.8 Å². The lowest BCUT2D eigenvalue weighted by atomic mass is 9.35. The van der Waals surface area contributed by atoms with Crippen LogP contribution in [0.5, 0.6) is 0 Å². The molecule has 3 aliphatic carbocycles. The molecule has 35 heavy (non-hydrogen) atoms. The molecule has 5 fully saturated rings. The normalized spacial score (nSPS) is 54.6. The lowest BCUT2D eigenvalue weighted by Crippen LogP contribution is -2.73. The third kappa shape index (κ3) is 3.75. The number of fused-ring (bicyclic) bond motifs is 6. The van der Waals surface area contributed by atoms with E-state index >= 15 is 0 Å². The van der Waals surface area contributed by atoms with Crippen LogP contribution in [-0.2, 0) is 9.59 Å². The SMILES string of the molecule is CC1CC(O)[C@H]2CC(=O)[C@H]3[C@@](C)(CC4N5C[C@H](O)C[C@H](C)CC5CC[C@@]4(C)[C@@]3(C)CC(=O)O)[C@@H]2C1. The Morgan fingerprint density at radius 3 is 2.43 bits per heavy atom. The monoisotopic (exact) mass is 489 g/mol. The number of ketones is 1. The van der Waals surface area contributed by atoms with Crippen LogP contribution in [0.2, 0.25) is 0 Å². The molecule has 6 heteroatoms. The molecule has 4 unspecified atom stereocenters. The molecule has 5 aliphatic rings. The molecule has 0 radical (unpaired) electrons. The van der Waals surface area contributed by atoms with E-state index in [1.54, 1.807) is 0 Å². The Morgan fingerprint density at radius 2 is 1.74 bits per heavy atom. The van der Waals surface area contributed by atoms with Crippen LogP contribution in [0.4, 0.5) is 0 Å². The largest absolute Gasteiger partial charge is 0.481 e. The highest BCUT2D eigenvalue weighted by molar-refractivity contribution is 5.85. The molecule has 0 aromatic rings. The predicted molar refractivity (Wildman–Crippen MR) is 134 cm³/mol. The molecular formula is C29H47NO5. The molecular weight excluding hydrogens is 442 g/mol. The van der Waals surface area contributed by atoms with Crippen LogP contribution in [0.3, 0.4) is 0 Å². The molecule has 3 saturated carbocycles. The number of carboxylic acid groups (broad SMARTS) is 1. The number of piperidine rings is 1. The fourth-order valence-electron chi connectivity index (χ4n) is 10.5. The highest BCUT2D eigenvalue weighted by Crippen LogP contribution is 2.71. The van der Waals surface area contributed by atoms with Gasteiger partial charge in [0.1, 0.15) is 5.78 Å². The van der Waals surface area contributed by atoms with Crippen LogP contribution in [0.1, 0.15) is 92.4 Å². The number of Topliss-reactive ketones (excluding diaryl/α,β-unsaturated/α-hetero) is 1. The van der Waals surface area contributed by atoms with Crippen molar-refractivity contribution in [3.8, 4) is 0 Å². The predicted octanol–water partition coefficient (Wildman–Crippen LogP) is 4.12. The number of rotatable bonds is 2. The van der Waals surface area contributed by atoms with Gasteiger partial charge in [-0.3, -0.25) is 14.5 Å². The van der Waals surface area contributed by atoms with Crippen molar-refractivity contribution in [2.75, 3.05) is 6.54 Å². The van der Waals surface area contributed by atoms with E-state index in [0.29, 0.717) is 30.8 Å². The molecule has 0 aromatic carbocycles. The van der Waals surface area contributed by atoms with Crippen LogP contribution in [-0.4, -0.2) is 62.8 Å². The Morgan fingerprint density at radius 1 is 1.06 bits per heavy atom. The molecule has 2 saturated heterocycles. The van der Waals surface area contributed by atoms with E-state index in [4.69, 9.17) is 0 Å². The number of hydrogen-bond donors (Lipinski definition) is 3. The molecule has 12 atom stereocenters. The summed E-state index contributed by atoms with van der Waals surface area (Å²) in [5.41, 5.74) is -1.34. The van der Waals surface area contributed by atoms with Gasteiger partial charge in [0.15, 0.2) is 0 Å². The Kier molecular flexibility index (Phi) is 6.25. The van der Waals surface area contributed by atoms with Crippen molar-refractivity contribution in [3.05, 3.63) is 0 Å². The van der Waals surface area contributed by atoms with Gasteiger partial charge in [-0.05, 0) is 84.9 Å². The summed E-state index contributed by atoms with van der Waals surface area (Å²) in [5.74, 6) is 0.115. The van der Waals surface area contributed by atoms with Gasteiger partial charge in [0.25, 0.3) is 0 Å².